The van der Waals surface area contributed by atoms with E-state index < -0.39 is 0 Å². The maximum Gasteiger partial charge on any atom is 0.124 e. The molecule has 2 heterocycles. The Bertz CT molecular complexity index is 1780. The van der Waals surface area contributed by atoms with Crippen molar-refractivity contribution in [2.24, 2.45) is 0 Å². The number of pyridine rings is 2. The molecule has 0 fully saturated rings. The number of hydrogen-bond donors (Lipinski definition) is 1. The van der Waals surface area contributed by atoms with Gasteiger partial charge < -0.3 is 5.11 Å². The average Bonchev–Trinajstić information content (AvgIpc) is 3.00. The van der Waals surface area contributed by atoms with Crippen LogP contribution in [0.2, 0.25) is 0 Å². The number of hydrogen-bond acceptors (Lipinski definition) is 3. The van der Waals surface area contributed by atoms with Crippen molar-refractivity contribution in [1.29, 1.82) is 0 Å². The Balaban J connectivity index is 0.00000461. The summed E-state index contributed by atoms with van der Waals surface area (Å²) in [5, 5.41) is 11.0. The van der Waals surface area contributed by atoms with Crippen molar-refractivity contribution >= 4 is 0 Å². The third kappa shape index (κ3) is 7.47. The van der Waals surface area contributed by atoms with Gasteiger partial charge in [0.15, 0.2) is 0 Å². The van der Waals surface area contributed by atoms with Gasteiger partial charge in [0, 0.05) is 49.6 Å². The maximum absolute atomic E-state index is 11.0. The second-order valence-electron chi connectivity index (χ2n) is 14.1. The molecule has 0 saturated heterocycles. The molecular weight excluding hydrogens is 732 g/mol. The molecule has 45 heavy (non-hydrogen) atoms. The monoisotopic (exact) mass is 776 g/mol. The van der Waals surface area contributed by atoms with Gasteiger partial charge in [-0.3, -0.25) is 9.97 Å². The van der Waals surface area contributed by atoms with Crippen LogP contribution in [0.25, 0.3) is 33.8 Å². The average molecular weight is 777 g/mol. The van der Waals surface area contributed by atoms with Crippen LogP contribution in [0.15, 0.2) is 91.1 Å². The number of aromatic nitrogens is 2. The summed E-state index contributed by atoms with van der Waals surface area (Å²) in [5.74, 6) is 0.959. The van der Waals surface area contributed by atoms with Gasteiger partial charge in [-0.25, -0.2) is 0 Å². The molecule has 0 atom stereocenters. The molecule has 5 aromatic rings. The van der Waals surface area contributed by atoms with Crippen LogP contribution >= 0.6 is 0 Å². The van der Waals surface area contributed by atoms with Crippen LogP contribution in [-0.4, -0.2) is 15.1 Å². The number of rotatable bonds is 7. The second-order valence-corrected chi connectivity index (χ2v) is 14.1. The quantitative estimate of drug-likeness (QED) is 0.168. The smallest absolute Gasteiger partial charge is 0.124 e. The Morgan fingerprint density at radius 1 is 0.622 bits per heavy atom. The first-order valence-corrected chi connectivity index (χ1v) is 15.7. The van der Waals surface area contributed by atoms with E-state index in [1.54, 1.807) is 6.07 Å². The van der Waals surface area contributed by atoms with Crippen molar-refractivity contribution in [3.05, 3.63) is 125 Å². The fourth-order valence-corrected chi connectivity index (χ4v) is 5.54. The van der Waals surface area contributed by atoms with E-state index in [0.29, 0.717) is 11.8 Å². The molecule has 0 saturated carbocycles. The first-order chi connectivity index (χ1) is 20.7. The van der Waals surface area contributed by atoms with Gasteiger partial charge in [-0.15, -0.1) is 23.8 Å². The van der Waals surface area contributed by atoms with E-state index in [9.17, 15) is 5.11 Å². The van der Waals surface area contributed by atoms with E-state index in [2.05, 4.69) is 141 Å². The van der Waals surface area contributed by atoms with Crippen LogP contribution in [-0.2, 0) is 31.9 Å². The number of aromatic hydroxyl groups is 1. The van der Waals surface area contributed by atoms with Gasteiger partial charge in [-0.1, -0.05) is 122 Å². The summed E-state index contributed by atoms with van der Waals surface area (Å²) in [4.78, 5) is 10.0. The Kier molecular flexibility index (Phi) is 10.2. The molecule has 0 aliphatic rings. The minimum absolute atomic E-state index is 0. The number of phenolic OH excluding ortho intramolecular Hbond substituents is 1. The SMILES string of the molecule is CC(C)c1ccnc(-c2[c-]c(-c3cc(C(C)(C)C)cc(-c4cc(C(C)C)ccc4O)n3)cc(C(C)(C)c3ccccc3)c2)c1.[Pt]. The molecule has 3 aromatic carbocycles. The van der Waals surface area contributed by atoms with E-state index in [1.165, 1.54) is 22.3 Å². The fraction of sp³-hybridized carbons (Fsp3) is 0.317. The maximum atomic E-state index is 11.0. The summed E-state index contributed by atoms with van der Waals surface area (Å²) in [6, 6.07) is 33.2. The number of nitrogens with zero attached hydrogens (tertiary/aromatic N) is 2. The molecule has 236 valence electrons. The van der Waals surface area contributed by atoms with Crippen LogP contribution in [0.1, 0.15) is 102 Å². The predicted octanol–water partition coefficient (Wildman–Crippen LogP) is 10.9. The molecule has 2 aromatic heterocycles. The van der Waals surface area contributed by atoms with E-state index in [-0.39, 0.29) is 37.6 Å². The van der Waals surface area contributed by atoms with Crippen molar-refractivity contribution in [2.75, 3.05) is 0 Å². The predicted molar refractivity (Wildman–Crippen MR) is 184 cm³/mol. The molecule has 5 rings (SSSR count). The molecule has 0 spiro atoms. The van der Waals surface area contributed by atoms with Crippen molar-refractivity contribution < 1.29 is 26.2 Å². The minimum atomic E-state index is -0.274. The minimum Gasteiger partial charge on any atom is -0.507 e. The third-order valence-corrected chi connectivity index (χ3v) is 8.74. The topological polar surface area (TPSA) is 46.0 Å². The van der Waals surface area contributed by atoms with Gasteiger partial charge in [0.25, 0.3) is 0 Å². The number of benzene rings is 3. The molecule has 0 unspecified atom stereocenters. The molecule has 0 aliphatic carbocycles. The van der Waals surface area contributed by atoms with Crippen molar-refractivity contribution in [3.8, 4) is 39.5 Å². The summed E-state index contributed by atoms with van der Waals surface area (Å²) in [5.41, 5.74) is 10.6. The van der Waals surface area contributed by atoms with Crippen molar-refractivity contribution in [1.82, 2.24) is 9.97 Å². The zero-order valence-electron chi connectivity index (χ0n) is 28.0. The third-order valence-electron chi connectivity index (χ3n) is 8.74. The van der Waals surface area contributed by atoms with Crippen LogP contribution < -0.4 is 0 Å². The Hall–Kier alpha value is -3.55. The van der Waals surface area contributed by atoms with Gasteiger partial charge in [0.05, 0.1) is 5.69 Å². The Morgan fingerprint density at radius 3 is 1.84 bits per heavy atom. The van der Waals surface area contributed by atoms with E-state index in [1.807, 2.05) is 12.3 Å². The van der Waals surface area contributed by atoms with E-state index in [4.69, 9.17) is 9.97 Å². The number of phenols is 1. The molecule has 0 amide bonds. The van der Waals surface area contributed by atoms with Gasteiger partial charge >= 0.3 is 0 Å². The molecule has 4 heteroatoms. The summed E-state index contributed by atoms with van der Waals surface area (Å²) >= 11 is 0. The Morgan fingerprint density at radius 2 is 1.22 bits per heavy atom. The zero-order valence-corrected chi connectivity index (χ0v) is 30.2. The van der Waals surface area contributed by atoms with Gasteiger partial charge in [-0.05, 0) is 63.8 Å². The molecule has 0 radical (unpaired) electrons. The van der Waals surface area contributed by atoms with E-state index in [0.717, 1.165) is 39.3 Å². The summed E-state index contributed by atoms with van der Waals surface area (Å²) in [6.07, 6.45) is 1.90. The standard InChI is InChI=1S/C41H45N2O.Pt/c1-26(2)28-15-16-39(44)35(22-28)38-25-33(40(5,6)7)24-37(43-38)31-19-30(36-23-29(27(3)4)17-18-42-36)20-34(21-31)41(8,9)32-13-11-10-12-14-32;/h10-18,20-27,44H,1-9H3;/q-1;. The molecule has 0 aliphatic heterocycles. The largest absolute Gasteiger partial charge is 0.507 e. The van der Waals surface area contributed by atoms with E-state index >= 15 is 0 Å². The summed E-state index contributed by atoms with van der Waals surface area (Å²) in [7, 11) is 0. The Labute approximate surface area is 284 Å². The van der Waals surface area contributed by atoms with Gasteiger partial charge in [0.1, 0.15) is 5.75 Å². The molecular formula is C41H45N2OPt-. The fourth-order valence-electron chi connectivity index (χ4n) is 5.54. The second kappa shape index (κ2) is 13.4. The van der Waals surface area contributed by atoms with Gasteiger partial charge in [-0.2, -0.15) is 0 Å². The van der Waals surface area contributed by atoms with Crippen molar-refractivity contribution in [3.63, 3.8) is 0 Å². The summed E-state index contributed by atoms with van der Waals surface area (Å²) in [6.45, 7) is 19.9. The van der Waals surface area contributed by atoms with Crippen LogP contribution in [0.4, 0.5) is 0 Å². The molecule has 0 bridgehead atoms. The van der Waals surface area contributed by atoms with Gasteiger partial charge in [0.2, 0.25) is 0 Å². The van der Waals surface area contributed by atoms with Crippen LogP contribution in [0.5, 0.6) is 5.75 Å². The molecule has 3 nitrogen and oxygen atoms in total. The zero-order chi connectivity index (χ0) is 31.8. The van der Waals surface area contributed by atoms with Crippen molar-refractivity contribution in [2.45, 2.75) is 85.0 Å². The summed E-state index contributed by atoms with van der Waals surface area (Å²) < 4.78 is 0. The normalized spacial score (nSPS) is 12.0. The van der Waals surface area contributed by atoms with Crippen LogP contribution in [0.3, 0.4) is 0 Å². The first kappa shape index (κ1) is 34.3. The molecule has 1 N–H and O–H groups in total. The first-order valence-electron chi connectivity index (χ1n) is 15.7. The van der Waals surface area contributed by atoms with Crippen LogP contribution in [0, 0.1) is 6.07 Å².